The van der Waals surface area contributed by atoms with Gasteiger partial charge in [-0.1, -0.05) is 44.2 Å². The second-order valence-corrected chi connectivity index (χ2v) is 5.46. The van der Waals surface area contributed by atoms with Crippen LogP contribution >= 0.6 is 0 Å². The van der Waals surface area contributed by atoms with E-state index in [0.717, 1.165) is 6.54 Å². The van der Waals surface area contributed by atoms with E-state index < -0.39 is 0 Å². The van der Waals surface area contributed by atoms with Crippen molar-refractivity contribution in [2.24, 2.45) is 5.41 Å². The van der Waals surface area contributed by atoms with Crippen molar-refractivity contribution in [2.75, 3.05) is 19.8 Å². The molecule has 2 N–H and O–H groups in total. The number of aliphatic hydroxyl groups is 1. The summed E-state index contributed by atoms with van der Waals surface area (Å²) in [4.78, 5) is 0. The Bertz CT molecular complexity index is 364. The third-order valence-electron chi connectivity index (χ3n) is 3.85. The highest BCUT2D eigenvalue weighted by atomic mass is 16.5. The molecule has 1 saturated heterocycles. The van der Waals surface area contributed by atoms with E-state index in [1.165, 1.54) is 5.56 Å². The van der Waals surface area contributed by atoms with E-state index in [4.69, 9.17) is 4.74 Å². The van der Waals surface area contributed by atoms with Gasteiger partial charge in [0, 0.05) is 12.0 Å². The minimum absolute atomic E-state index is 0.0451. The van der Waals surface area contributed by atoms with Gasteiger partial charge in [0.1, 0.15) is 0 Å². The second-order valence-electron chi connectivity index (χ2n) is 5.46. The lowest BCUT2D eigenvalue weighted by atomic mass is 9.75. The molecule has 0 spiro atoms. The quantitative estimate of drug-likeness (QED) is 0.832. The average Bonchev–Trinajstić information content (AvgIpc) is 2.64. The van der Waals surface area contributed by atoms with Crippen molar-refractivity contribution < 1.29 is 9.84 Å². The molecule has 0 saturated carbocycles. The smallest absolute Gasteiger partial charge is 0.0727 e. The summed E-state index contributed by atoms with van der Waals surface area (Å²) in [7, 11) is 0. The molecule has 0 aliphatic carbocycles. The van der Waals surface area contributed by atoms with E-state index in [1.54, 1.807) is 0 Å². The molecule has 1 fully saturated rings. The van der Waals surface area contributed by atoms with Gasteiger partial charge >= 0.3 is 0 Å². The van der Waals surface area contributed by atoms with Gasteiger partial charge in [0.2, 0.25) is 0 Å². The molecule has 1 aliphatic rings. The molecule has 1 aromatic rings. The number of rotatable bonds is 4. The molecule has 1 atom stereocenters. The van der Waals surface area contributed by atoms with Crippen molar-refractivity contribution in [2.45, 2.75) is 25.9 Å². The molecule has 1 unspecified atom stereocenters. The molecule has 1 heterocycles. The van der Waals surface area contributed by atoms with Gasteiger partial charge in [-0.15, -0.1) is 0 Å². The molecule has 0 radical (unpaired) electrons. The number of ether oxygens (including phenoxy) is 1. The topological polar surface area (TPSA) is 41.5 Å². The number of hydrogen-bond acceptors (Lipinski definition) is 3. The Morgan fingerprint density at radius 3 is 2.47 bits per heavy atom. The normalized spacial score (nSPS) is 27.2. The molecular formula is C14H21NO2. The van der Waals surface area contributed by atoms with Gasteiger partial charge in [-0.25, -0.2) is 0 Å². The molecule has 17 heavy (non-hydrogen) atoms. The van der Waals surface area contributed by atoms with Crippen LogP contribution in [0.4, 0.5) is 0 Å². The second kappa shape index (κ2) is 4.77. The summed E-state index contributed by atoms with van der Waals surface area (Å²) < 4.78 is 5.53. The summed E-state index contributed by atoms with van der Waals surface area (Å²) in [5.41, 5.74) is 0.849. The van der Waals surface area contributed by atoms with Crippen LogP contribution in [0.3, 0.4) is 0 Å². The zero-order valence-corrected chi connectivity index (χ0v) is 10.6. The zero-order valence-electron chi connectivity index (χ0n) is 10.6. The van der Waals surface area contributed by atoms with E-state index in [0.29, 0.717) is 13.2 Å². The Balaban J connectivity index is 2.06. The van der Waals surface area contributed by atoms with Crippen LogP contribution in [0.1, 0.15) is 19.4 Å². The van der Waals surface area contributed by atoms with Crippen molar-refractivity contribution in [3.8, 4) is 0 Å². The van der Waals surface area contributed by atoms with E-state index in [-0.39, 0.29) is 17.6 Å². The third-order valence-corrected chi connectivity index (χ3v) is 3.85. The van der Waals surface area contributed by atoms with Gasteiger partial charge in [-0.2, -0.15) is 0 Å². The summed E-state index contributed by atoms with van der Waals surface area (Å²) in [6, 6.07) is 10.2. The van der Waals surface area contributed by atoms with Gasteiger partial charge in [-0.05, 0) is 5.56 Å². The molecule has 3 heteroatoms. The van der Waals surface area contributed by atoms with E-state index in [1.807, 2.05) is 18.2 Å². The lowest BCUT2D eigenvalue weighted by molar-refractivity contribution is 0.0854. The Morgan fingerprint density at radius 1 is 1.24 bits per heavy atom. The maximum atomic E-state index is 9.69. The fourth-order valence-electron chi connectivity index (χ4n) is 2.29. The van der Waals surface area contributed by atoms with Crippen molar-refractivity contribution in [1.29, 1.82) is 0 Å². The van der Waals surface area contributed by atoms with Crippen LogP contribution in [-0.2, 0) is 11.3 Å². The average molecular weight is 235 g/mol. The SMILES string of the molecule is CC1(C)COCC1(CO)NCc1ccccc1. The minimum atomic E-state index is -0.331. The first-order valence-electron chi connectivity index (χ1n) is 6.07. The maximum absolute atomic E-state index is 9.69. The number of aliphatic hydroxyl groups excluding tert-OH is 1. The number of nitrogens with one attached hydrogen (secondary N) is 1. The van der Waals surface area contributed by atoms with Crippen molar-refractivity contribution in [1.82, 2.24) is 5.32 Å². The molecule has 1 aliphatic heterocycles. The number of benzene rings is 1. The first-order valence-corrected chi connectivity index (χ1v) is 6.07. The summed E-state index contributed by atoms with van der Waals surface area (Å²) in [6.45, 7) is 6.39. The van der Waals surface area contributed by atoms with Gasteiger partial charge < -0.3 is 15.2 Å². The van der Waals surface area contributed by atoms with Crippen LogP contribution in [0.15, 0.2) is 30.3 Å². The summed E-state index contributed by atoms with van der Waals surface area (Å²) in [5, 5.41) is 13.2. The first-order chi connectivity index (χ1) is 8.10. The largest absolute Gasteiger partial charge is 0.394 e. The Kier molecular flexibility index (Phi) is 3.52. The standard InChI is InChI=1S/C14H21NO2/c1-13(2)10-17-11-14(13,9-16)15-8-12-6-4-3-5-7-12/h3-7,15-16H,8-11H2,1-2H3. The maximum Gasteiger partial charge on any atom is 0.0727 e. The van der Waals surface area contributed by atoms with Gasteiger partial charge in [0.15, 0.2) is 0 Å². The van der Waals surface area contributed by atoms with Crippen molar-refractivity contribution in [3.05, 3.63) is 35.9 Å². The highest BCUT2D eigenvalue weighted by Crippen LogP contribution is 2.37. The molecule has 1 aromatic carbocycles. The third kappa shape index (κ3) is 2.37. The first kappa shape index (κ1) is 12.6. The molecule has 0 aromatic heterocycles. The van der Waals surface area contributed by atoms with Crippen LogP contribution in [-0.4, -0.2) is 30.5 Å². The summed E-state index contributed by atoms with van der Waals surface area (Å²) in [6.07, 6.45) is 0. The molecule has 0 amide bonds. The lowest BCUT2D eigenvalue weighted by Crippen LogP contribution is -2.58. The van der Waals surface area contributed by atoms with Crippen LogP contribution in [0.2, 0.25) is 0 Å². The molecule has 3 nitrogen and oxygen atoms in total. The molecule has 0 bridgehead atoms. The van der Waals surface area contributed by atoms with Gasteiger partial charge in [0.05, 0.1) is 25.4 Å². The highest BCUT2D eigenvalue weighted by molar-refractivity contribution is 5.15. The fraction of sp³-hybridized carbons (Fsp3) is 0.571. The van der Waals surface area contributed by atoms with Gasteiger partial charge in [-0.3, -0.25) is 0 Å². The van der Waals surface area contributed by atoms with E-state index in [9.17, 15) is 5.11 Å². The molecule has 2 rings (SSSR count). The molecular weight excluding hydrogens is 214 g/mol. The predicted octanol–water partition coefficient (Wildman–Crippen LogP) is 1.56. The van der Waals surface area contributed by atoms with Crippen LogP contribution < -0.4 is 5.32 Å². The summed E-state index contributed by atoms with van der Waals surface area (Å²) >= 11 is 0. The monoisotopic (exact) mass is 235 g/mol. The van der Waals surface area contributed by atoms with Crippen molar-refractivity contribution in [3.63, 3.8) is 0 Å². The van der Waals surface area contributed by atoms with Crippen LogP contribution in [0, 0.1) is 5.41 Å². The highest BCUT2D eigenvalue weighted by Gasteiger charge is 2.49. The van der Waals surface area contributed by atoms with Gasteiger partial charge in [0.25, 0.3) is 0 Å². The Morgan fingerprint density at radius 2 is 1.94 bits per heavy atom. The zero-order chi connectivity index (χ0) is 12.4. The minimum Gasteiger partial charge on any atom is -0.394 e. The molecule has 94 valence electrons. The van der Waals surface area contributed by atoms with Crippen LogP contribution in [0.5, 0.6) is 0 Å². The lowest BCUT2D eigenvalue weighted by Gasteiger charge is -2.39. The Hall–Kier alpha value is -0.900. The predicted molar refractivity (Wildman–Crippen MR) is 67.7 cm³/mol. The van der Waals surface area contributed by atoms with Crippen molar-refractivity contribution >= 4 is 0 Å². The van der Waals surface area contributed by atoms with E-state index >= 15 is 0 Å². The summed E-state index contributed by atoms with van der Waals surface area (Å²) in [5.74, 6) is 0. The Labute approximate surface area is 103 Å². The van der Waals surface area contributed by atoms with Crippen LogP contribution in [0.25, 0.3) is 0 Å². The van der Waals surface area contributed by atoms with E-state index in [2.05, 4.69) is 31.3 Å². The number of hydrogen-bond donors (Lipinski definition) is 2. The fourth-order valence-corrected chi connectivity index (χ4v) is 2.29.